The lowest BCUT2D eigenvalue weighted by Crippen LogP contribution is -2.49. The van der Waals surface area contributed by atoms with Gasteiger partial charge in [0.05, 0.1) is 14.2 Å². The number of ether oxygens (including phenoxy) is 2. The van der Waals surface area contributed by atoms with Crippen molar-refractivity contribution in [1.82, 2.24) is 23.9 Å². The molecule has 0 spiro atoms. The molecule has 188 valence electrons. The second-order valence-electron chi connectivity index (χ2n) is 8.54. The van der Waals surface area contributed by atoms with Gasteiger partial charge in [-0.15, -0.1) is 0 Å². The van der Waals surface area contributed by atoms with Gasteiger partial charge >= 0.3 is 0 Å². The molecule has 10 nitrogen and oxygen atoms in total. The number of aryl methyl sites for hydroxylation is 1. The fraction of sp³-hybridized carbons (Fsp3) is 0.320. The number of hydrogen-bond acceptors (Lipinski definition) is 8. The summed E-state index contributed by atoms with van der Waals surface area (Å²) in [4.78, 5) is 11.2. The third-order valence-electron chi connectivity index (χ3n) is 6.46. The van der Waals surface area contributed by atoms with Gasteiger partial charge in [0.1, 0.15) is 28.5 Å². The minimum Gasteiger partial charge on any atom is -0.497 e. The van der Waals surface area contributed by atoms with E-state index in [9.17, 15) is 8.42 Å². The number of anilines is 1. The number of methoxy groups -OCH3 is 2. The lowest BCUT2D eigenvalue weighted by Gasteiger charge is -2.36. The average Bonchev–Trinajstić information content (AvgIpc) is 3.37. The first-order valence-corrected chi connectivity index (χ1v) is 13.1. The molecular formula is C25H28N6O4S. The number of benzene rings is 2. The van der Waals surface area contributed by atoms with Gasteiger partial charge in [-0.2, -0.15) is 18.9 Å². The largest absolute Gasteiger partial charge is 0.497 e. The third-order valence-corrected chi connectivity index (χ3v) is 8.38. The molecule has 1 saturated heterocycles. The van der Waals surface area contributed by atoms with E-state index < -0.39 is 10.0 Å². The topological polar surface area (TPSA) is 102 Å². The second kappa shape index (κ2) is 9.75. The van der Waals surface area contributed by atoms with E-state index in [1.807, 2.05) is 25.1 Å². The summed E-state index contributed by atoms with van der Waals surface area (Å²) in [5, 5.41) is 4.43. The summed E-state index contributed by atoms with van der Waals surface area (Å²) in [6.07, 6.45) is 2.18. The molecule has 5 rings (SSSR count). The Kier molecular flexibility index (Phi) is 6.50. The summed E-state index contributed by atoms with van der Waals surface area (Å²) < 4.78 is 40.9. The first-order valence-electron chi connectivity index (χ1n) is 11.6. The molecule has 11 heteroatoms. The van der Waals surface area contributed by atoms with E-state index in [0.717, 1.165) is 22.6 Å². The summed E-state index contributed by atoms with van der Waals surface area (Å²) in [5.41, 5.74) is 3.09. The Morgan fingerprint density at radius 1 is 0.972 bits per heavy atom. The fourth-order valence-corrected chi connectivity index (χ4v) is 6.16. The maximum atomic E-state index is 13.5. The Labute approximate surface area is 210 Å². The average molecular weight is 509 g/mol. The quantitative estimate of drug-likeness (QED) is 0.375. The monoisotopic (exact) mass is 508 g/mol. The van der Waals surface area contributed by atoms with Crippen LogP contribution in [0.4, 0.5) is 5.82 Å². The van der Waals surface area contributed by atoms with Gasteiger partial charge in [0.2, 0.25) is 10.0 Å². The summed E-state index contributed by atoms with van der Waals surface area (Å²) in [5.74, 6) is 2.17. The smallest absolute Gasteiger partial charge is 0.254 e. The zero-order valence-electron chi connectivity index (χ0n) is 20.5. The van der Waals surface area contributed by atoms with E-state index in [0.29, 0.717) is 44.1 Å². The number of aromatic nitrogens is 4. The van der Waals surface area contributed by atoms with E-state index in [1.54, 1.807) is 16.6 Å². The Morgan fingerprint density at radius 3 is 2.42 bits per heavy atom. The Balaban J connectivity index is 1.46. The number of hydrogen-bond donors (Lipinski definition) is 0. The van der Waals surface area contributed by atoms with Crippen molar-refractivity contribution in [3.05, 3.63) is 71.7 Å². The molecule has 0 radical (unpaired) electrons. The first-order chi connectivity index (χ1) is 17.4. The Hall–Kier alpha value is -3.70. The van der Waals surface area contributed by atoms with E-state index in [1.165, 1.54) is 30.9 Å². The van der Waals surface area contributed by atoms with Crippen molar-refractivity contribution in [2.45, 2.75) is 18.2 Å². The van der Waals surface area contributed by atoms with Gasteiger partial charge in [-0.3, -0.25) is 0 Å². The van der Waals surface area contributed by atoms with Crippen LogP contribution in [0, 0.1) is 6.92 Å². The van der Waals surface area contributed by atoms with E-state index >= 15 is 0 Å². The molecule has 0 amide bonds. The predicted octanol–water partition coefficient (Wildman–Crippen LogP) is 2.55. The van der Waals surface area contributed by atoms with Crippen LogP contribution in [0.1, 0.15) is 16.8 Å². The second-order valence-corrected chi connectivity index (χ2v) is 10.4. The van der Waals surface area contributed by atoms with Crippen LogP contribution in [0.25, 0.3) is 5.78 Å². The SMILES string of the molecule is COc1ccc(OC)c(S(=O)(=O)N2CCN(c3c(Cc4ccccc4)c(C)nc4ncnn34)CC2)c1. The number of nitrogens with zero attached hydrogens (tertiary/aromatic N) is 6. The molecule has 1 aliphatic heterocycles. The fourth-order valence-electron chi connectivity index (χ4n) is 4.56. The number of sulfonamides is 1. The van der Waals surface area contributed by atoms with Crippen molar-refractivity contribution in [1.29, 1.82) is 0 Å². The number of piperazine rings is 1. The van der Waals surface area contributed by atoms with Gasteiger partial charge < -0.3 is 14.4 Å². The van der Waals surface area contributed by atoms with Crippen LogP contribution in [0.2, 0.25) is 0 Å². The van der Waals surface area contributed by atoms with E-state index in [-0.39, 0.29) is 10.6 Å². The van der Waals surface area contributed by atoms with Crippen molar-refractivity contribution >= 4 is 21.6 Å². The van der Waals surface area contributed by atoms with Crippen molar-refractivity contribution in [3.8, 4) is 11.5 Å². The molecule has 3 heterocycles. The summed E-state index contributed by atoms with van der Waals surface area (Å²) in [6.45, 7) is 3.58. The Morgan fingerprint density at radius 2 is 1.72 bits per heavy atom. The van der Waals surface area contributed by atoms with E-state index in [4.69, 9.17) is 9.47 Å². The summed E-state index contributed by atoms with van der Waals surface area (Å²) in [7, 11) is -0.821. The minimum absolute atomic E-state index is 0.0981. The van der Waals surface area contributed by atoms with Crippen LogP contribution in [0.15, 0.2) is 59.8 Å². The van der Waals surface area contributed by atoms with Crippen LogP contribution in [-0.2, 0) is 16.4 Å². The molecule has 0 N–H and O–H groups in total. The maximum absolute atomic E-state index is 13.5. The molecule has 1 aliphatic rings. The highest BCUT2D eigenvalue weighted by atomic mass is 32.2. The molecule has 36 heavy (non-hydrogen) atoms. The van der Waals surface area contributed by atoms with E-state index in [2.05, 4.69) is 32.1 Å². The van der Waals surface area contributed by atoms with Gasteiger partial charge in [-0.25, -0.2) is 13.4 Å². The predicted molar refractivity (Wildman–Crippen MR) is 135 cm³/mol. The normalized spacial score (nSPS) is 14.8. The molecule has 0 aliphatic carbocycles. The highest BCUT2D eigenvalue weighted by molar-refractivity contribution is 7.89. The molecule has 0 atom stereocenters. The molecule has 0 bridgehead atoms. The first kappa shape index (κ1) is 24.0. The zero-order valence-corrected chi connectivity index (χ0v) is 21.3. The number of rotatable bonds is 7. The van der Waals surface area contributed by atoms with Gasteiger partial charge in [0.25, 0.3) is 5.78 Å². The third kappa shape index (κ3) is 4.35. The molecular weight excluding hydrogens is 480 g/mol. The van der Waals surface area contributed by atoms with Crippen molar-refractivity contribution in [2.24, 2.45) is 0 Å². The van der Waals surface area contributed by atoms with Gasteiger partial charge in [0.15, 0.2) is 0 Å². The van der Waals surface area contributed by atoms with Crippen LogP contribution in [-0.4, -0.2) is 72.7 Å². The molecule has 2 aromatic carbocycles. The summed E-state index contributed by atoms with van der Waals surface area (Å²) in [6, 6.07) is 15.0. The van der Waals surface area contributed by atoms with Crippen LogP contribution >= 0.6 is 0 Å². The van der Waals surface area contributed by atoms with Gasteiger partial charge in [0, 0.05) is 49.9 Å². The molecule has 4 aromatic rings. The minimum atomic E-state index is -3.79. The zero-order chi connectivity index (χ0) is 25.3. The van der Waals surface area contributed by atoms with Crippen molar-refractivity contribution < 1.29 is 17.9 Å². The molecule has 0 unspecified atom stereocenters. The highest BCUT2D eigenvalue weighted by Gasteiger charge is 2.33. The van der Waals surface area contributed by atoms with Crippen LogP contribution in [0.3, 0.4) is 0 Å². The lowest BCUT2D eigenvalue weighted by atomic mass is 10.0. The molecule has 1 fully saturated rings. The van der Waals surface area contributed by atoms with Crippen molar-refractivity contribution in [2.75, 3.05) is 45.3 Å². The number of fused-ring (bicyclic) bond motifs is 1. The molecule has 0 saturated carbocycles. The Bertz CT molecular complexity index is 1480. The van der Waals surface area contributed by atoms with Crippen LogP contribution in [0.5, 0.6) is 11.5 Å². The summed E-state index contributed by atoms with van der Waals surface area (Å²) >= 11 is 0. The van der Waals surface area contributed by atoms with Gasteiger partial charge in [-0.1, -0.05) is 30.3 Å². The van der Waals surface area contributed by atoms with Crippen LogP contribution < -0.4 is 14.4 Å². The molecule has 2 aromatic heterocycles. The highest BCUT2D eigenvalue weighted by Crippen LogP contribution is 2.32. The maximum Gasteiger partial charge on any atom is 0.254 e. The van der Waals surface area contributed by atoms with Gasteiger partial charge in [-0.05, 0) is 24.6 Å². The van der Waals surface area contributed by atoms with Crippen molar-refractivity contribution in [3.63, 3.8) is 0 Å². The standard InChI is InChI=1S/C25H28N6O4S/c1-18-21(15-19-7-5-4-6-8-19)24(31-25(28-18)26-17-27-31)29-11-13-30(14-12-29)36(32,33)23-16-20(34-2)9-10-22(23)35-3/h4-10,16-17H,11-15H2,1-3H3. The lowest BCUT2D eigenvalue weighted by molar-refractivity contribution is 0.369.